The molecule has 18 heavy (non-hydrogen) atoms. The van der Waals surface area contributed by atoms with E-state index in [2.05, 4.69) is 6.92 Å². The number of halogens is 3. The molecule has 106 valence electrons. The highest BCUT2D eigenvalue weighted by Gasteiger charge is 2.39. The van der Waals surface area contributed by atoms with Crippen LogP contribution in [0.2, 0.25) is 0 Å². The maximum atomic E-state index is 11.8. The molecule has 1 N–H and O–H groups in total. The van der Waals surface area contributed by atoms with Crippen LogP contribution in [0.4, 0.5) is 13.2 Å². The highest BCUT2D eigenvalue weighted by Crippen LogP contribution is 2.14. The maximum Gasteiger partial charge on any atom is 0.471 e. The molecule has 0 rings (SSSR count). The molecule has 0 saturated heterocycles. The van der Waals surface area contributed by atoms with Crippen molar-refractivity contribution in [3.8, 4) is 0 Å². The molecule has 0 aliphatic heterocycles. The smallest absolute Gasteiger partial charge is 0.289 e. The summed E-state index contributed by atoms with van der Waals surface area (Å²) in [6.07, 6.45) is 1.83. The number of nitrogens with one attached hydrogen (secondary N) is 1. The Kier molecular flexibility index (Phi) is 8.41. The molecule has 0 bridgehead atoms. The molecular weight excluding hydrogens is 247 g/mol. The zero-order valence-corrected chi connectivity index (χ0v) is 10.6. The van der Waals surface area contributed by atoms with Crippen LogP contribution in [-0.2, 0) is 9.59 Å². The van der Waals surface area contributed by atoms with E-state index in [4.69, 9.17) is 0 Å². The minimum Gasteiger partial charge on any atom is -0.289 e. The van der Waals surface area contributed by atoms with Crippen molar-refractivity contribution in [3.63, 3.8) is 0 Å². The van der Waals surface area contributed by atoms with Crippen LogP contribution < -0.4 is 5.32 Å². The van der Waals surface area contributed by atoms with Crippen molar-refractivity contribution in [2.75, 3.05) is 0 Å². The van der Waals surface area contributed by atoms with Crippen LogP contribution in [0.1, 0.15) is 58.3 Å². The Labute approximate surface area is 105 Å². The third kappa shape index (κ3) is 9.01. The quantitative estimate of drug-likeness (QED) is 0.686. The molecule has 0 spiro atoms. The predicted octanol–water partition coefficient (Wildman–Crippen LogP) is 3.33. The Morgan fingerprint density at radius 1 is 0.944 bits per heavy atom. The first-order valence-corrected chi connectivity index (χ1v) is 6.29. The summed E-state index contributed by atoms with van der Waals surface area (Å²) < 4.78 is 35.4. The van der Waals surface area contributed by atoms with E-state index in [-0.39, 0.29) is 6.42 Å². The van der Waals surface area contributed by atoms with E-state index in [1.165, 1.54) is 11.7 Å². The molecule has 0 aromatic carbocycles. The predicted molar refractivity (Wildman–Crippen MR) is 61.8 cm³/mol. The molecule has 0 unspecified atom stereocenters. The SMILES string of the molecule is CCCCCCCCCC(=O)NC(=O)C(F)(F)F. The molecule has 0 fully saturated rings. The molecule has 0 aliphatic carbocycles. The Hall–Kier alpha value is -1.07. The van der Waals surface area contributed by atoms with Crippen molar-refractivity contribution >= 4 is 11.8 Å². The lowest BCUT2D eigenvalue weighted by molar-refractivity contribution is -0.174. The number of imide groups is 1. The standard InChI is InChI=1S/C12H20F3NO2/c1-2-3-4-5-6-7-8-9-10(17)16-11(18)12(13,14)15/h2-9H2,1H3,(H,16,17,18). The monoisotopic (exact) mass is 267 g/mol. The third-order valence-electron chi connectivity index (χ3n) is 2.52. The lowest BCUT2D eigenvalue weighted by atomic mass is 10.1. The van der Waals surface area contributed by atoms with E-state index in [1.54, 1.807) is 0 Å². The summed E-state index contributed by atoms with van der Waals surface area (Å²) in [7, 11) is 0. The van der Waals surface area contributed by atoms with Gasteiger partial charge in [0.05, 0.1) is 0 Å². The lowest BCUT2D eigenvalue weighted by Gasteiger charge is -2.06. The van der Waals surface area contributed by atoms with Crippen molar-refractivity contribution < 1.29 is 22.8 Å². The van der Waals surface area contributed by atoms with Gasteiger partial charge in [-0.3, -0.25) is 14.9 Å². The minimum absolute atomic E-state index is 0.0321. The Morgan fingerprint density at radius 3 is 1.94 bits per heavy atom. The van der Waals surface area contributed by atoms with Gasteiger partial charge < -0.3 is 0 Å². The van der Waals surface area contributed by atoms with Gasteiger partial charge in [-0.15, -0.1) is 0 Å². The van der Waals surface area contributed by atoms with Crippen LogP contribution >= 0.6 is 0 Å². The number of hydrogen-bond donors (Lipinski definition) is 1. The highest BCUT2D eigenvalue weighted by molar-refractivity contribution is 5.97. The van der Waals surface area contributed by atoms with Gasteiger partial charge in [-0.1, -0.05) is 45.4 Å². The average Bonchev–Trinajstić information content (AvgIpc) is 2.26. The zero-order valence-electron chi connectivity index (χ0n) is 10.6. The summed E-state index contributed by atoms with van der Waals surface area (Å²) >= 11 is 0. The second kappa shape index (κ2) is 8.94. The number of carbonyl (C=O) groups is 2. The molecular formula is C12H20F3NO2. The number of alkyl halides is 3. The first kappa shape index (κ1) is 16.9. The molecule has 0 atom stereocenters. The molecule has 0 saturated carbocycles. The molecule has 0 aromatic rings. The van der Waals surface area contributed by atoms with Gasteiger partial charge in [0.2, 0.25) is 5.91 Å². The molecule has 3 nitrogen and oxygen atoms in total. The first-order chi connectivity index (χ1) is 8.38. The summed E-state index contributed by atoms with van der Waals surface area (Å²) in [4.78, 5) is 21.4. The van der Waals surface area contributed by atoms with Crippen LogP contribution in [0, 0.1) is 0 Å². The van der Waals surface area contributed by atoms with Gasteiger partial charge in [-0.25, -0.2) is 0 Å². The molecule has 0 heterocycles. The summed E-state index contributed by atoms with van der Waals surface area (Å²) in [5.74, 6) is -3.04. The van der Waals surface area contributed by atoms with Gasteiger partial charge in [0.1, 0.15) is 0 Å². The molecule has 0 radical (unpaired) electrons. The summed E-state index contributed by atoms with van der Waals surface area (Å²) in [5.41, 5.74) is 0. The van der Waals surface area contributed by atoms with Crippen molar-refractivity contribution in [3.05, 3.63) is 0 Å². The van der Waals surface area contributed by atoms with Crippen LogP contribution in [0.15, 0.2) is 0 Å². The van der Waals surface area contributed by atoms with Crippen LogP contribution in [0.25, 0.3) is 0 Å². The number of unbranched alkanes of at least 4 members (excludes halogenated alkanes) is 6. The fourth-order valence-corrected chi connectivity index (χ4v) is 1.50. The van der Waals surface area contributed by atoms with Gasteiger partial charge in [0.15, 0.2) is 0 Å². The van der Waals surface area contributed by atoms with Crippen molar-refractivity contribution in [2.45, 2.75) is 64.5 Å². The highest BCUT2D eigenvalue weighted by atomic mass is 19.4. The van der Waals surface area contributed by atoms with Crippen molar-refractivity contribution in [1.29, 1.82) is 0 Å². The van der Waals surface area contributed by atoms with E-state index in [0.717, 1.165) is 32.1 Å². The van der Waals surface area contributed by atoms with E-state index in [0.29, 0.717) is 6.42 Å². The fraction of sp³-hybridized carbons (Fsp3) is 0.833. The lowest BCUT2D eigenvalue weighted by Crippen LogP contribution is -2.40. The largest absolute Gasteiger partial charge is 0.471 e. The number of rotatable bonds is 8. The Balaban J connectivity index is 3.52. The van der Waals surface area contributed by atoms with Crippen molar-refractivity contribution in [1.82, 2.24) is 5.32 Å². The van der Waals surface area contributed by atoms with E-state index < -0.39 is 18.0 Å². The third-order valence-corrected chi connectivity index (χ3v) is 2.52. The fourth-order valence-electron chi connectivity index (χ4n) is 1.50. The first-order valence-electron chi connectivity index (χ1n) is 6.29. The van der Waals surface area contributed by atoms with Crippen LogP contribution in [0.3, 0.4) is 0 Å². The Morgan fingerprint density at radius 2 is 1.44 bits per heavy atom. The topological polar surface area (TPSA) is 46.2 Å². The summed E-state index contributed by atoms with van der Waals surface area (Å²) in [6, 6.07) is 0. The van der Waals surface area contributed by atoms with Crippen LogP contribution in [-0.4, -0.2) is 18.0 Å². The average molecular weight is 267 g/mol. The number of carbonyl (C=O) groups excluding carboxylic acids is 2. The van der Waals surface area contributed by atoms with Gasteiger partial charge in [0.25, 0.3) is 0 Å². The molecule has 2 amide bonds. The number of amides is 2. The van der Waals surface area contributed by atoms with Crippen LogP contribution in [0.5, 0.6) is 0 Å². The number of hydrogen-bond acceptors (Lipinski definition) is 2. The van der Waals surface area contributed by atoms with E-state index >= 15 is 0 Å². The summed E-state index contributed by atoms with van der Waals surface area (Å²) in [6.45, 7) is 2.11. The molecule has 6 heteroatoms. The Bertz CT molecular complexity index is 265. The zero-order chi connectivity index (χ0) is 14.0. The van der Waals surface area contributed by atoms with Gasteiger partial charge in [-0.2, -0.15) is 13.2 Å². The second-order valence-corrected chi connectivity index (χ2v) is 4.25. The van der Waals surface area contributed by atoms with E-state index in [1.807, 2.05) is 0 Å². The summed E-state index contributed by atoms with van der Waals surface area (Å²) in [5, 5.41) is 1.33. The minimum atomic E-state index is -4.99. The van der Waals surface area contributed by atoms with Gasteiger partial charge >= 0.3 is 12.1 Å². The van der Waals surface area contributed by atoms with Gasteiger partial charge in [-0.05, 0) is 6.42 Å². The molecule has 0 aromatic heterocycles. The van der Waals surface area contributed by atoms with E-state index in [9.17, 15) is 22.8 Å². The van der Waals surface area contributed by atoms with Gasteiger partial charge in [0, 0.05) is 6.42 Å². The second-order valence-electron chi connectivity index (χ2n) is 4.25. The molecule has 0 aliphatic rings. The maximum absolute atomic E-state index is 11.8. The van der Waals surface area contributed by atoms with Crippen molar-refractivity contribution in [2.24, 2.45) is 0 Å². The normalized spacial score (nSPS) is 11.3.